The molecule has 0 aliphatic carbocycles. The van der Waals surface area contributed by atoms with Gasteiger partial charge in [-0.15, -0.1) is 0 Å². The Hall–Kier alpha value is -0.740. The molecule has 0 unspecified atom stereocenters. The molecular formula is C10H11ClF3N. The molecule has 84 valence electrons. The van der Waals surface area contributed by atoms with Crippen LogP contribution in [-0.4, -0.2) is 0 Å². The Bertz CT molecular complexity index is 349. The SMILES string of the molecule is CC[C@H](N)c1cccc(C(F)(F)F)c1Cl. The number of nitrogens with two attached hydrogens (primary N) is 1. The first-order chi connectivity index (χ1) is 6.88. The summed E-state index contributed by atoms with van der Waals surface area (Å²) in [5, 5.41) is -0.292. The van der Waals surface area contributed by atoms with Crippen molar-refractivity contribution in [2.24, 2.45) is 5.73 Å². The van der Waals surface area contributed by atoms with E-state index < -0.39 is 17.8 Å². The molecule has 1 aromatic carbocycles. The van der Waals surface area contributed by atoms with Crippen molar-refractivity contribution in [1.82, 2.24) is 0 Å². The largest absolute Gasteiger partial charge is 0.417 e. The van der Waals surface area contributed by atoms with E-state index in [2.05, 4.69) is 0 Å². The topological polar surface area (TPSA) is 26.0 Å². The van der Waals surface area contributed by atoms with Crippen molar-refractivity contribution in [3.63, 3.8) is 0 Å². The summed E-state index contributed by atoms with van der Waals surface area (Å²) in [5.74, 6) is 0. The van der Waals surface area contributed by atoms with Crippen LogP contribution in [0, 0.1) is 0 Å². The van der Waals surface area contributed by atoms with E-state index in [1.165, 1.54) is 12.1 Å². The van der Waals surface area contributed by atoms with Crippen molar-refractivity contribution in [2.75, 3.05) is 0 Å². The van der Waals surface area contributed by atoms with Crippen LogP contribution in [0.5, 0.6) is 0 Å². The van der Waals surface area contributed by atoms with Crippen LogP contribution in [0.1, 0.15) is 30.5 Å². The first-order valence-corrected chi connectivity index (χ1v) is 4.87. The van der Waals surface area contributed by atoms with Gasteiger partial charge in [-0.2, -0.15) is 13.2 Å². The van der Waals surface area contributed by atoms with Crippen LogP contribution in [0.25, 0.3) is 0 Å². The van der Waals surface area contributed by atoms with Crippen LogP contribution >= 0.6 is 11.6 Å². The molecule has 1 rings (SSSR count). The van der Waals surface area contributed by atoms with E-state index in [-0.39, 0.29) is 5.02 Å². The Morgan fingerprint density at radius 3 is 2.47 bits per heavy atom. The molecule has 0 radical (unpaired) electrons. The number of alkyl halides is 3. The molecule has 0 aliphatic heterocycles. The van der Waals surface area contributed by atoms with E-state index in [1.54, 1.807) is 6.92 Å². The van der Waals surface area contributed by atoms with Crippen LogP contribution < -0.4 is 5.73 Å². The Balaban J connectivity index is 3.23. The van der Waals surface area contributed by atoms with Crippen LogP contribution in [0.3, 0.4) is 0 Å². The zero-order valence-electron chi connectivity index (χ0n) is 8.11. The number of benzene rings is 1. The summed E-state index contributed by atoms with van der Waals surface area (Å²) in [6.45, 7) is 1.79. The minimum atomic E-state index is -4.43. The lowest BCUT2D eigenvalue weighted by molar-refractivity contribution is -0.137. The molecule has 1 nitrogen and oxygen atoms in total. The van der Waals surface area contributed by atoms with Gasteiger partial charge < -0.3 is 5.73 Å². The van der Waals surface area contributed by atoms with Gasteiger partial charge >= 0.3 is 6.18 Å². The molecule has 1 atom stereocenters. The lowest BCUT2D eigenvalue weighted by atomic mass is 10.0. The van der Waals surface area contributed by atoms with Gasteiger partial charge in [0.1, 0.15) is 0 Å². The minimum Gasteiger partial charge on any atom is -0.324 e. The molecule has 0 aliphatic rings. The van der Waals surface area contributed by atoms with Gasteiger partial charge in [0.15, 0.2) is 0 Å². The highest BCUT2D eigenvalue weighted by Crippen LogP contribution is 2.37. The van der Waals surface area contributed by atoms with Crippen molar-refractivity contribution in [1.29, 1.82) is 0 Å². The first-order valence-electron chi connectivity index (χ1n) is 4.49. The van der Waals surface area contributed by atoms with Crippen LogP contribution in [0.15, 0.2) is 18.2 Å². The molecule has 0 aromatic heterocycles. The van der Waals surface area contributed by atoms with E-state index in [9.17, 15) is 13.2 Å². The fourth-order valence-electron chi connectivity index (χ4n) is 1.28. The number of hydrogen-bond acceptors (Lipinski definition) is 1. The third-order valence-corrected chi connectivity index (χ3v) is 2.60. The molecule has 0 amide bonds. The van der Waals surface area contributed by atoms with Gasteiger partial charge in [-0.1, -0.05) is 30.7 Å². The molecule has 0 saturated heterocycles. The van der Waals surface area contributed by atoms with E-state index >= 15 is 0 Å². The molecule has 15 heavy (non-hydrogen) atoms. The standard InChI is InChI=1S/C10H11ClF3N/c1-2-8(15)6-4-3-5-7(9(6)11)10(12,13)14/h3-5,8H,2,15H2,1H3/t8-/m0/s1. The third kappa shape index (κ3) is 2.63. The molecule has 0 saturated carbocycles. The van der Waals surface area contributed by atoms with Crippen molar-refractivity contribution in [3.8, 4) is 0 Å². The molecule has 2 N–H and O–H groups in total. The minimum absolute atomic E-state index is 0.292. The number of rotatable bonds is 2. The molecular weight excluding hydrogens is 227 g/mol. The molecule has 1 aromatic rings. The zero-order chi connectivity index (χ0) is 11.6. The first kappa shape index (κ1) is 12.3. The van der Waals surface area contributed by atoms with Crippen molar-refractivity contribution in [3.05, 3.63) is 34.3 Å². The quantitative estimate of drug-likeness (QED) is 0.833. The molecule has 0 fully saturated rings. The highest BCUT2D eigenvalue weighted by molar-refractivity contribution is 6.32. The average Bonchev–Trinajstić information content (AvgIpc) is 2.15. The van der Waals surface area contributed by atoms with Crippen LogP contribution in [-0.2, 0) is 6.18 Å². The molecule has 0 bridgehead atoms. The van der Waals surface area contributed by atoms with Crippen molar-refractivity contribution >= 4 is 11.6 Å². The highest BCUT2D eigenvalue weighted by atomic mass is 35.5. The molecule has 0 heterocycles. The zero-order valence-corrected chi connectivity index (χ0v) is 8.86. The summed E-state index contributed by atoms with van der Waals surface area (Å²) in [6.07, 6.45) is -3.89. The smallest absolute Gasteiger partial charge is 0.324 e. The number of halogens is 4. The van der Waals surface area contributed by atoms with Gasteiger partial charge in [0, 0.05) is 6.04 Å². The Labute approximate surface area is 91.0 Å². The summed E-state index contributed by atoms with van der Waals surface area (Å²) in [5.41, 5.74) is 5.17. The van der Waals surface area contributed by atoms with Gasteiger partial charge in [0.25, 0.3) is 0 Å². The molecule has 5 heteroatoms. The van der Waals surface area contributed by atoms with Crippen LogP contribution in [0.2, 0.25) is 5.02 Å². The lowest BCUT2D eigenvalue weighted by Gasteiger charge is -2.15. The fourth-order valence-corrected chi connectivity index (χ4v) is 1.65. The van der Waals surface area contributed by atoms with Crippen molar-refractivity contribution < 1.29 is 13.2 Å². The van der Waals surface area contributed by atoms with Gasteiger partial charge in [-0.25, -0.2) is 0 Å². The maximum absolute atomic E-state index is 12.5. The monoisotopic (exact) mass is 237 g/mol. The van der Waals surface area contributed by atoms with E-state index in [4.69, 9.17) is 17.3 Å². The third-order valence-electron chi connectivity index (χ3n) is 2.17. The Morgan fingerprint density at radius 2 is 2.00 bits per heavy atom. The van der Waals surface area contributed by atoms with Crippen LogP contribution in [0.4, 0.5) is 13.2 Å². The Kier molecular flexibility index (Phi) is 3.62. The predicted molar refractivity (Wildman–Crippen MR) is 53.7 cm³/mol. The van der Waals surface area contributed by atoms with E-state index in [0.717, 1.165) is 6.07 Å². The average molecular weight is 238 g/mol. The van der Waals surface area contributed by atoms with Gasteiger partial charge in [0.2, 0.25) is 0 Å². The van der Waals surface area contributed by atoms with Crippen molar-refractivity contribution in [2.45, 2.75) is 25.6 Å². The molecule has 0 spiro atoms. The predicted octanol–water partition coefficient (Wildman–Crippen LogP) is 3.77. The lowest BCUT2D eigenvalue weighted by Crippen LogP contribution is -2.13. The second kappa shape index (κ2) is 4.41. The highest BCUT2D eigenvalue weighted by Gasteiger charge is 2.34. The fraction of sp³-hybridized carbons (Fsp3) is 0.400. The summed E-state index contributed by atoms with van der Waals surface area (Å²) < 4.78 is 37.4. The van der Waals surface area contributed by atoms with Gasteiger partial charge in [-0.05, 0) is 18.1 Å². The Morgan fingerprint density at radius 1 is 1.40 bits per heavy atom. The summed E-state index contributed by atoms with van der Waals surface area (Å²) >= 11 is 5.67. The van der Waals surface area contributed by atoms with E-state index in [1.807, 2.05) is 0 Å². The van der Waals surface area contributed by atoms with Gasteiger partial charge in [0.05, 0.1) is 10.6 Å². The normalized spacial score (nSPS) is 14.0. The summed E-state index contributed by atoms with van der Waals surface area (Å²) in [4.78, 5) is 0. The maximum Gasteiger partial charge on any atom is 0.417 e. The summed E-state index contributed by atoms with van der Waals surface area (Å²) in [6, 6.07) is 3.33. The second-order valence-corrected chi connectivity index (χ2v) is 3.60. The summed E-state index contributed by atoms with van der Waals surface area (Å²) in [7, 11) is 0. The number of hydrogen-bond donors (Lipinski definition) is 1. The maximum atomic E-state index is 12.5. The van der Waals surface area contributed by atoms with Gasteiger partial charge in [-0.3, -0.25) is 0 Å². The second-order valence-electron chi connectivity index (χ2n) is 3.22. The van der Waals surface area contributed by atoms with E-state index in [0.29, 0.717) is 12.0 Å².